The van der Waals surface area contributed by atoms with Gasteiger partial charge in [-0.1, -0.05) is 24.3 Å². The van der Waals surface area contributed by atoms with Gasteiger partial charge in [0.25, 0.3) is 5.91 Å². The van der Waals surface area contributed by atoms with E-state index < -0.39 is 0 Å². The summed E-state index contributed by atoms with van der Waals surface area (Å²) in [5, 5.41) is 6.00. The minimum Gasteiger partial charge on any atom is -0.353 e. The van der Waals surface area contributed by atoms with Crippen LogP contribution in [-0.4, -0.2) is 46.9 Å². The predicted molar refractivity (Wildman–Crippen MR) is 109 cm³/mol. The second-order valence-corrected chi connectivity index (χ2v) is 7.38. The number of benzene rings is 1. The number of piperidine rings is 1. The van der Waals surface area contributed by atoms with Crippen molar-refractivity contribution >= 4 is 11.8 Å². The number of likely N-dealkylation sites (tertiary alicyclic amines) is 1. The Morgan fingerprint density at radius 2 is 1.82 bits per heavy atom. The fourth-order valence-electron chi connectivity index (χ4n) is 3.47. The first-order valence-corrected chi connectivity index (χ1v) is 9.87. The van der Waals surface area contributed by atoms with Crippen LogP contribution in [0.2, 0.25) is 0 Å². The van der Waals surface area contributed by atoms with Crippen molar-refractivity contribution in [3.8, 4) is 0 Å². The van der Waals surface area contributed by atoms with Crippen molar-refractivity contribution in [3.05, 3.63) is 66.0 Å². The van der Waals surface area contributed by atoms with Gasteiger partial charge >= 0.3 is 0 Å². The van der Waals surface area contributed by atoms with Gasteiger partial charge in [-0.3, -0.25) is 19.5 Å². The summed E-state index contributed by atoms with van der Waals surface area (Å²) in [7, 11) is 0. The third-order valence-electron chi connectivity index (χ3n) is 4.97. The molecule has 1 unspecified atom stereocenters. The molecule has 6 nitrogen and oxygen atoms in total. The molecule has 1 aromatic carbocycles. The van der Waals surface area contributed by atoms with E-state index in [2.05, 4.69) is 20.5 Å². The first kappa shape index (κ1) is 20.0. The summed E-state index contributed by atoms with van der Waals surface area (Å²) in [5.74, 6) is -0.159. The van der Waals surface area contributed by atoms with Crippen molar-refractivity contribution in [2.75, 3.05) is 13.1 Å². The lowest BCUT2D eigenvalue weighted by molar-refractivity contribution is -0.122. The fourth-order valence-corrected chi connectivity index (χ4v) is 3.47. The molecule has 0 spiro atoms. The normalized spacial score (nSPS) is 16.3. The summed E-state index contributed by atoms with van der Waals surface area (Å²) in [6, 6.07) is 15.0. The Kier molecular flexibility index (Phi) is 7.14. The number of aromatic nitrogens is 1. The van der Waals surface area contributed by atoms with Crippen molar-refractivity contribution in [3.63, 3.8) is 0 Å². The molecule has 28 heavy (non-hydrogen) atoms. The number of hydrogen-bond acceptors (Lipinski definition) is 4. The number of amides is 2. The highest BCUT2D eigenvalue weighted by atomic mass is 16.2. The van der Waals surface area contributed by atoms with E-state index in [1.165, 1.54) is 0 Å². The number of hydrogen-bond donors (Lipinski definition) is 2. The van der Waals surface area contributed by atoms with Gasteiger partial charge < -0.3 is 10.6 Å². The van der Waals surface area contributed by atoms with E-state index in [0.717, 1.165) is 38.2 Å². The molecule has 0 bridgehead atoms. The third kappa shape index (κ3) is 6.16. The van der Waals surface area contributed by atoms with Crippen molar-refractivity contribution in [2.24, 2.45) is 0 Å². The second-order valence-electron chi connectivity index (χ2n) is 7.38. The molecule has 6 heteroatoms. The molecule has 2 aromatic rings. The first-order valence-electron chi connectivity index (χ1n) is 9.87. The Hall–Kier alpha value is -2.73. The van der Waals surface area contributed by atoms with Crippen LogP contribution in [0.5, 0.6) is 0 Å². The molecule has 1 aliphatic heterocycles. The van der Waals surface area contributed by atoms with E-state index in [9.17, 15) is 9.59 Å². The predicted octanol–water partition coefficient (Wildman–Crippen LogP) is 2.37. The lowest BCUT2D eigenvalue weighted by atomic mass is 10.0. The highest BCUT2D eigenvalue weighted by molar-refractivity contribution is 5.94. The van der Waals surface area contributed by atoms with Gasteiger partial charge in [0.05, 0.1) is 5.69 Å². The van der Waals surface area contributed by atoms with Crippen molar-refractivity contribution < 1.29 is 9.59 Å². The molecular weight excluding hydrogens is 352 g/mol. The minimum atomic E-state index is -0.211. The van der Waals surface area contributed by atoms with Crippen molar-refractivity contribution in [2.45, 2.75) is 44.8 Å². The Morgan fingerprint density at radius 3 is 2.50 bits per heavy atom. The smallest absolute Gasteiger partial charge is 0.251 e. The summed E-state index contributed by atoms with van der Waals surface area (Å²) in [6.45, 7) is 4.60. The number of rotatable bonds is 7. The maximum atomic E-state index is 12.3. The Morgan fingerprint density at radius 1 is 1.11 bits per heavy atom. The molecule has 1 atom stereocenters. The SMILES string of the molecule is CC(CC(=O)NC1CCN(Cc2ccccn2)CC1)NC(=O)c1ccccc1. The van der Waals surface area contributed by atoms with Crippen molar-refractivity contribution in [1.82, 2.24) is 20.5 Å². The minimum absolute atomic E-state index is 0.0102. The summed E-state index contributed by atoms with van der Waals surface area (Å²) in [6.07, 6.45) is 3.97. The molecule has 2 N–H and O–H groups in total. The van der Waals surface area contributed by atoms with E-state index in [0.29, 0.717) is 5.56 Å². The highest BCUT2D eigenvalue weighted by Gasteiger charge is 2.22. The molecule has 0 radical (unpaired) electrons. The van der Waals surface area contributed by atoms with Crippen LogP contribution in [-0.2, 0) is 11.3 Å². The maximum absolute atomic E-state index is 12.3. The zero-order valence-corrected chi connectivity index (χ0v) is 16.3. The number of nitrogens with one attached hydrogen (secondary N) is 2. The average Bonchev–Trinajstić information content (AvgIpc) is 2.70. The van der Waals surface area contributed by atoms with Gasteiger partial charge in [-0.15, -0.1) is 0 Å². The van der Waals surface area contributed by atoms with Crippen LogP contribution in [0.1, 0.15) is 42.2 Å². The Bertz CT molecular complexity index is 759. The van der Waals surface area contributed by atoms with Crippen LogP contribution in [0, 0.1) is 0 Å². The standard InChI is InChI=1S/C22H28N4O2/c1-17(24-22(28)18-7-3-2-4-8-18)15-21(27)25-19-10-13-26(14-11-19)16-20-9-5-6-12-23-20/h2-9,12,17,19H,10-11,13-16H2,1H3,(H,24,28)(H,25,27). The molecular formula is C22H28N4O2. The summed E-state index contributed by atoms with van der Waals surface area (Å²) in [4.78, 5) is 31.2. The molecule has 1 fully saturated rings. The molecule has 1 saturated heterocycles. The van der Waals surface area contributed by atoms with Gasteiger partial charge in [0.2, 0.25) is 5.91 Å². The first-order chi connectivity index (χ1) is 13.6. The lowest BCUT2D eigenvalue weighted by Crippen LogP contribution is -2.46. The van der Waals surface area contributed by atoms with Crippen LogP contribution in [0.15, 0.2) is 54.7 Å². The molecule has 1 aromatic heterocycles. The van der Waals surface area contributed by atoms with Gasteiger partial charge in [0.15, 0.2) is 0 Å². The number of carbonyl (C=O) groups excluding carboxylic acids is 2. The van der Waals surface area contributed by atoms with Gasteiger partial charge in [-0.2, -0.15) is 0 Å². The monoisotopic (exact) mass is 380 g/mol. The van der Waals surface area contributed by atoms with Crippen LogP contribution >= 0.6 is 0 Å². The Balaban J connectivity index is 1.36. The molecule has 2 heterocycles. The van der Waals surface area contributed by atoms with E-state index >= 15 is 0 Å². The highest BCUT2D eigenvalue weighted by Crippen LogP contribution is 2.13. The van der Waals surface area contributed by atoms with Gasteiger partial charge in [0.1, 0.15) is 0 Å². The molecule has 2 amide bonds. The summed E-state index contributed by atoms with van der Waals surface area (Å²) >= 11 is 0. The molecule has 148 valence electrons. The van der Waals surface area contributed by atoms with Crippen molar-refractivity contribution in [1.29, 1.82) is 0 Å². The maximum Gasteiger partial charge on any atom is 0.251 e. The molecule has 0 saturated carbocycles. The zero-order valence-electron chi connectivity index (χ0n) is 16.3. The molecule has 1 aliphatic rings. The fraction of sp³-hybridized carbons (Fsp3) is 0.409. The molecule has 3 rings (SSSR count). The lowest BCUT2D eigenvalue weighted by Gasteiger charge is -2.32. The van der Waals surface area contributed by atoms with Crippen LogP contribution in [0.3, 0.4) is 0 Å². The van der Waals surface area contributed by atoms with E-state index in [-0.39, 0.29) is 30.3 Å². The third-order valence-corrected chi connectivity index (χ3v) is 4.97. The zero-order chi connectivity index (χ0) is 19.8. The van der Waals surface area contributed by atoms with E-state index in [4.69, 9.17) is 0 Å². The summed E-state index contributed by atoms with van der Waals surface area (Å²) in [5.41, 5.74) is 1.68. The Labute approximate surface area is 166 Å². The van der Waals surface area contributed by atoms with Crippen LogP contribution < -0.4 is 10.6 Å². The van der Waals surface area contributed by atoms with E-state index in [1.807, 2.05) is 49.5 Å². The average molecular weight is 380 g/mol. The number of pyridine rings is 1. The summed E-state index contributed by atoms with van der Waals surface area (Å²) < 4.78 is 0. The van der Waals surface area contributed by atoms with Gasteiger partial charge in [-0.25, -0.2) is 0 Å². The largest absolute Gasteiger partial charge is 0.353 e. The molecule has 0 aliphatic carbocycles. The van der Waals surface area contributed by atoms with Crippen LogP contribution in [0.4, 0.5) is 0 Å². The second kappa shape index (κ2) is 9.99. The van der Waals surface area contributed by atoms with E-state index in [1.54, 1.807) is 12.1 Å². The quantitative estimate of drug-likeness (QED) is 0.773. The number of carbonyl (C=O) groups is 2. The van der Waals surface area contributed by atoms with Crippen LogP contribution in [0.25, 0.3) is 0 Å². The topological polar surface area (TPSA) is 74.3 Å². The van der Waals surface area contributed by atoms with Gasteiger partial charge in [0, 0.05) is 49.9 Å². The van der Waals surface area contributed by atoms with Gasteiger partial charge in [-0.05, 0) is 44.0 Å². The number of nitrogens with zero attached hydrogens (tertiary/aromatic N) is 2.